The quantitative estimate of drug-likeness (QED) is 0.532. The number of fused-ring (bicyclic) bond motifs is 1. The standard InChI is InChI=1S/C25H23N3O3/c1-16-13-19(28-17(2)26-23-10-5-4-9-21(23)25(28)30)11-12-22(16)27-24(29)15-18-7-6-8-20(14-18)31-3/h4-14H,15H2,1-3H3,(H,27,29). The lowest BCUT2D eigenvalue weighted by atomic mass is 10.1. The molecule has 1 aromatic heterocycles. The first kappa shape index (κ1) is 20.3. The largest absolute Gasteiger partial charge is 0.497 e. The molecule has 1 heterocycles. The van der Waals surface area contributed by atoms with Gasteiger partial charge in [0.15, 0.2) is 0 Å². The summed E-state index contributed by atoms with van der Waals surface area (Å²) >= 11 is 0. The molecule has 0 fully saturated rings. The van der Waals surface area contributed by atoms with Crippen molar-refractivity contribution in [1.29, 1.82) is 0 Å². The first-order valence-corrected chi connectivity index (χ1v) is 9.98. The number of benzene rings is 3. The summed E-state index contributed by atoms with van der Waals surface area (Å²) in [6, 6.07) is 20.3. The number of carbonyl (C=O) groups excluding carboxylic acids is 1. The van der Waals surface area contributed by atoms with Gasteiger partial charge in [-0.2, -0.15) is 0 Å². The van der Waals surface area contributed by atoms with Crippen LogP contribution in [0.25, 0.3) is 16.6 Å². The number of amides is 1. The number of ether oxygens (including phenoxy) is 1. The van der Waals surface area contributed by atoms with Gasteiger partial charge < -0.3 is 10.1 Å². The third-order valence-corrected chi connectivity index (χ3v) is 5.18. The van der Waals surface area contributed by atoms with E-state index >= 15 is 0 Å². The molecule has 0 spiro atoms. The van der Waals surface area contributed by atoms with E-state index in [0.29, 0.717) is 28.1 Å². The molecule has 6 nitrogen and oxygen atoms in total. The fourth-order valence-electron chi connectivity index (χ4n) is 3.64. The zero-order valence-electron chi connectivity index (χ0n) is 17.7. The minimum Gasteiger partial charge on any atom is -0.497 e. The number of nitrogens with one attached hydrogen (secondary N) is 1. The van der Waals surface area contributed by atoms with Gasteiger partial charge in [-0.25, -0.2) is 4.98 Å². The molecule has 156 valence electrons. The Morgan fingerprint density at radius 1 is 1.03 bits per heavy atom. The van der Waals surface area contributed by atoms with Gasteiger partial charge in [0.25, 0.3) is 5.56 Å². The van der Waals surface area contributed by atoms with E-state index in [1.54, 1.807) is 17.7 Å². The number of para-hydroxylation sites is 1. The lowest BCUT2D eigenvalue weighted by molar-refractivity contribution is -0.115. The van der Waals surface area contributed by atoms with Crippen LogP contribution >= 0.6 is 0 Å². The maximum atomic E-state index is 13.0. The highest BCUT2D eigenvalue weighted by Crippen LogP contribution is 2.21. The SMILES string of the molecule is COc1cccc(CC(=O)Nc2ccc(-n3c(C)nc4ccccc4c3=O)cc2C)c1. The van der Waals surface area contributed by atoms with Crippen molar-refractivity contribution in [1.82, 2.24) is 9.55 Å². The number of hydrogen-bond acceptors (Lipinski definition) is 4. The summed E-state index contributed by atoms with van der Waals surface area (Å²) < 4.78 is 6.80. The van der Waals surface area contributed by atoms with Crippen LogP contribution in [0.15, 0.2) is 71.5 Å². The molecule has 1 N–H and O–H groups in total. The van der Waals surface area contributed by atoms with Crippen molar-refractivity contribution in [3.63, 3.8) is 0 Å². The Labute approximate surface area is 180 Å². The summed E-state index contributed by atoms with van der Waals surface area (Å²) in [4.78, 5) is 30.1. The van der Waals surface area contributed by atoms with E-state index in [0.717, 1.165) is 16.9 Å². The molecule has 6 heteroatoms. The molecular formula is C25H23N3O3. The van der Waals surface area contributed by atoms with E-state index in [-0.39, 0.29) is 17.9 Å². The molecule has 3 aromatic carbocycles. The number of carbonyl (C=O) groups is 1. The second-order valence-corrected chi connectivity index (χ2v) is 7.39. The fourth-order valence-corrected chi connectivity index (χ4v) is 3.64. The van der Waals surface area contributed by atoms with E-state index in [9.17, 15) is 9.59 Å². The van der Waals surface area contributed by atoms with E-state index in [4.69, 9.17) is 4.74 Å². The summed E-state index contributed by atoms with van der Waals surface area (Å²) in [5, 5.41) is 3.52. The summed E-state index contributed by atoms with van der Waals surface area (Å²) in [7, 11) is 1.60. The molecule has 0 atom stereocenters. The van der Waals surface area contributed by atoms with E-state index < -0.39 is 0 Å². The van der Waals surface area contributed by atoms with Gasteiger partial charge in [-0.05, 0) is 67.4 Å². The number of aryl methyl sites for hydroxylation is 2. The molecule has 4 rings (SSSR count). The van der Waals surface area contributed by atoms with Crippen LogP contribution in [-0.4, -0.2) is 22.6 Å². The summed E-state index contributed by atoms with van der Waals surface area (Å²) in [6.07, 6.45) is 0.242. The Morgan fingerprint density at radius 3 is 2.61 bits per heavy atom. The maximum absolute atomic E-state index is 13.0. The van der Waals surface area contributed by atoms with Crippen molar-refractivity contribution in [2.24, 2.45) is 0 Å². The Hall–Kier alpha value is -3.93. The van der Waals surface area contributed by atoms with Crippen LogP contribution < -0.4 is 15.6 Å². The Kier molecular flexibility index (Phi) is 5.54. The first-order chi connectivity index (χ1) is 15.0. The average Bonchev–Trinajstić information content (AvgIpc) is 2.75. The van der Waals surface area contributed by atoms with Crippen molar-refractivity contribution in [2.45, 2.75) is 20.3 Å². The highest BCUT2D eigenvalue weighted by molar-refractivity contribution is 5.93. The minimum atomic E-state index is -0.121. The van der Waals surface area contributed by atoms with Crippen molar-refractivity contribution >= 4 is 22.5 Å². The highest BCUT2D eigenvalue weighted by Gasteiger charge is 2.12. The molecule has 0 unspecified atom stereocenters. The number of anilines is 1. The Balaban J connectivity index is 1.59. The normalized spacial score (nSPS) is 10.8. The van der Waals surface area contributed by atoms with Gasteiger partial charge >= 0.3 is 0 Å². The fraction of sp³-hybridized carbons (Fsp3) is 0.160. The van der Waals surface area contributed by atoms with Crippen LogP contribution in [0.1, 0.15) is 17.0 Å². The molecule has 31 heavy (non-hydrogen) atoms. The number of hydrogen-bond donors (Lipinski definition) is 1. The lowest BCUT2D eigenvalue weighted by Crippen LogP contribution is -2.22. The Bertz CT molecular complexity index is 1340. The number of rotatable bonds is 5. The van der Waals surface area contributed by atoms with Crippen LogP contribution in [0.3, 0.4) is 0 Å². The third kappa shape index (κ3) is 4.19. The molecule has 4 aromatic rings. The van der Waals surface area contributed by atoms with Crippen LogP contribution in [0.4, 0.5) is 5.69 Å². The molecule has 0 saturated heterocycles. The van der Waals surface area contributed by atoms with Crippen LogP contribution in [0.5, 0.6) is 5.75 Å². The molecule has 0 saturated carbocycles. The van der Waals surface area contributed by atoms with Gasteiger partial charge in [-0.15, -0.1) is 0 Å². The number of methoxy groups -OCH3 is 1. The second kappa shape index (κ2) is 8.44. The molecular weight excluding hydrogens is 390 g/mol. The van der Waals surface area contributed by atoms with Crippen molar-refractivity contribution in [3.05, 3.63) is 94.0 Å². The van der Waals surface area contributed by atoms with Crippen molar-refractivity contribution in [3.8, 4) is 11.4 Å². The highest BCUT2D eigenvalue weighted by atomic mass is 16.5. The second-order valence-electron chi connectivity index (χ2n) is 7.39. The summed E-state index contributed by atoms with van der Waals surface area (Å²) in [5.74, 6) is 1.21. The zero-order chi connectivity index (χ0) is 22.0. The third-order valence-electron chi connectivity index (χ3n) is 5.18. The molecule has 0 aliphatic rings. The summed E-state index contributed by atoms with van der Waals surface area (Å²) in [6.45, 7) is 3.71. The van der Waals surface area contributed by atoms with E-state index in [2.05, 4.69) is 10.3 Å². The zero-order valence-corrected chi connectivity index (χ0v) is 17.7. The van der Waals surface area contributed by atoms with Gasteiger partial charge in [0, 0.05) is 5.69 Å². The minimum absolute atomic E-state index is 0.114. The smallest absolute Gasteiger partial charge is 0.265 e. The average molecular weight is 413 g/mol. The Morgan fingerprint density at radius 2 is 1.84 bits per heavy atom. The summed E-state index contributed by atoms with van der Waals surface area (Å²) in [5.41, 5.74) is 3.71. The van der Waals surface area contributed by atoms with E-state index in [1.807, 2.05) is 74.5 Å². The predicted octanol–water partition coefficient (Wildman–Crippen LogP) is 4.19. The maximum Gasteiger partial charge on any atom is 0.265 e. The van der Waals surface area contributed by atoms with Gasteiger partial charge in [-0.1, -0.05) is 24.3 Å². The van der Waals surface area contributed by atoms with Crippen molar-refractivity contribution < 1.29 is 9.53 Å². The molecule has 0 aliphatic carbocycles. The monoisotopic (exact) mass is 413 g/mol. The van der Waals surface area contributed by atoms with Crippen LogP contribution in [0.2, 0.25) is 0 Å². The molecule has 1 amide bonds. The lowest BCUT2D eigenvalue weighted by Gasteiger charge is -2.14. The molecule has 0 radical (unpaired) electrons. The van der Waals surface area contributed by atoms with Crippen LogP contribution in [0, 0.1) is 13.8 Å². The predicted molar refractivity (Wildman–Crippen MR) is 122 cm³/mol. The van der Waals surface area contributed by atoms with Gasteiger partial charge in [-0.3, -0.25) is 14.2 Å². The molecule has 0 aliphatic heterocycles. The van der Waals surface area contributed by atoms with Crippen LogP contribution in [-0.2, 0) is 11.2 Å². The topological polar surface area (TPSA) is 73.2 Å². The van der Waals surface area contributed by atoms with Gasteiger partial charge in [0.2, 0.25) is 5.91 Å². The first-order valence-electron chi connectivity index (χ1n) is 9.98. The van der Waals surface area contributed by atoms with E-state index in [1.165, 1.54) is 0 Å². The number of aromatic nitrogens is 2. The van der Waals surface area contributed by atoms with Gasteiger partial charge in [0.05, 0.1) is 30.1 Å². The van der Waals surface area contributed by atoms with Crippen molar-refractivity contribution in [2.75, 3.05) is 12.4 Å². The number of nitrogens with zero attached hydrogens (tertiary/aromatic N) is 2. The molecule has 0 bridgehead atoms. The van der Waals surface area contributed by atoms with Gasteiger partial charge in [0.1, 0.15) is 11.6 Å².